The third kappa shape index (κ3) is 4.85. The number of hydrogen-bond donors (Lipinski definition) is 2. The van der Waals surface area contributed by atoms with Crippen LogP contribution < -0.4 is 11.1 Å². The molecule has 3 N–H and O–H groups in total. The highest BCUT2D eigenvalue weighted by Gasteiger charge is 2.18. The Kier molecular flexibility index (Phi) is 5.94. The Hall–Kier alpha value is -0.980. The molecule has 1 saturated heterocycles. The molecule has 0 saturated carbocycles. The van der Waals surface area contributed by atoms with E-state index in [-0.39, 0.29) is 5.91 Å². The van der Waals surface area contributed by atoms with Crippen molar-refractivity contribution in [3.8, 4) is 0 Å². The number of nitrogens with one attached hydrogen (secondary N) is 1. The summed E-state index contributed by atoms with van der Waals surface area (Å²) in [7, 11) is 2.12. The number of amides is 1. The monoisotopic (exact) mass is 296 g/mol. The molecule has 2 rings (SSSR count). The van der Waals surface area contributed by atoms with Gasteiger partial charge in [-0.3, -0.25) is 4.79 Å². The van der Waals surface area contributed by atoms with Gasteiger partial charge in [0.1, 0.15) is 0 Å². The first-order chi connectivity index (χ1) is 9.67. The molecule has 2 heterocycles. The van der Waals surface area contributed by atoms with Gasteiger partial charge in [0.25, 0.3) is 0 Å². The smallest absolute Gasteiger partial charge is 0.226 e. The standard InChI is InChI=1S/C14H24N4OS/c1-18-7-4-11(5-8-18)16-13(19)9-12-10-20-14(17-12)3-2-6-15/h10-11H,2-9,15H2,1H3,(H,16,19). The Morgan fingerprint density at radius 2 is 2.30 bits per heavy atom. The van der Waals surface area contributed by atoms with E-state index in [0.29, 0.717) is 19.0 Å². The summed E-state index contributed by atoms with van der Waals surface area (Å²) >= 11 is 1.62. The van der Waals surface area contributed by atoms with Gasteiger partial charge >= 0.3 is 0 Å². The fraction of sp³-hybridized carbons (Fsp3) is 0.714. The van der Waals surface area contributed by atoms with Crippen molar-refractivity contribution >= 4 is 17.2 Å². The number of thiazole rings is 1. The molecule has 0 spiro atoms. The Morgan fingerprint density at radius 3 is 3.00 bits per heavy atom. The van der Waals surface area contributed by atoms with Crippen LogP contribution in [0, 0.1) is 0 Å². The van der Waals surface area contributed by atoms with E-state index in [0.717, 1.165) is 49.5 Å². The summed E-state index contributed by atoms with van der Waals surface area (Å²) in [5.74, 6) is 0.0928. The lowest BCUT2D eigenvalue weighted by atomic mass is 10.1. The van der Waals surface area contributed by atoms with Crippen LogP contribution in [0.15, 0.2) is 5.38 Å². The number of likely N-dealkylation sites (tertiary alicyclic amines) is 1. The Balaban J connectivity index is 1.75. The lowest BCUT2D eigenvalue weighted by Crippen LogP contribution is -2.43. The van der Waals surface area contributed by atoms with Gasteiger partial charge in [0, 0.05) is 17.8 Å². The minimum atomic E-state index is 0.0928. The molecule has 1 amide bonds. The van der Waals surface area contributed by atoms with Crippen LogP contribution in [0.5, 0.6) is 0 Å². The van der Waals surface area contributed by atoms with E-state index in [9.17, 15) is 4.79 Å². The highest BCUT2D eigenvalue weighted by Crippen LogP contribution is 2.13. The first kappa shape index (κ1) is 15.4. The Labute approximate surface area is 124 Å². The molecule has 0 unspecified atom stereocenters. The van der Waals surface area contributed by atoms with Crippen LogP contribution in [0.4, 0.5) is 0 Å². The molecule has 1 aromatic rings. The van der Waals surface area contributed by atoms with Crippen LogP contribution in [0.25, 0.3) is 0 Å². The van der Waals surface area contributed by atoms with E-state index in [2.05, 4.69) is 22.2 Å². The number of hydrogen-bond acceptors (Lipinski definition) is 5. The van der Waals surface area contributed by atoms with Crippen LogP contribution in [-0.4, -0.2) is 48.5 Å². The zero-order chi connectivity index (χ0) is 14.4. The van der Waals surface area contributed by atoms with E-state index < -0.39 is 0 Å². The molecule has 6 heteroatoms. The van der Waals surface area contributed by atoms with Crippen LogP contribution in [0.3, 0.4) is 0 Å². The first-order valence-electron chi connectivity index (χ1n) is 7.28. The number of piperidine rings is 1. The van der Waals surface area contributed by atoms with E-state index in [1.165, 1.54) is 0 Å². The lowest BCUT2D eigenvalue weighted by molar-refractivity contribution is -0.121. The van der Waals surface area contributed by atoms with Gasteiger partial charge in [0.15, 0.2) is 0 Å². The second kappa shape index (κ2) is 7.71. The van der Waals surface area contributed by atoms with Crippen LogP contribution in [-0.2, 0) is 17.6 Å². The molecule has 1 fully saturated rings. The molecule has 112 valence electrons. The third-order valence-corrected chi connectivity index (χ3v) is 4.58. The SMILES string of the molecule is CN1CCC(NC(=O)Cc2csc(CCCN)n2)CC1. The van der Waals surface area contributed by atoms with E-state index in [4.69, 9.17) is 5.73 Å². The largest absolute Gasteiger partial charge is 0.353 e. The number of carbonyl (C=O) groups excluding carboxylic acids is 1. The quantitative estimate of drug-likeness (QED) is 0.814. The van der Waals surface area contributed by atoms with Gasteiger partial charge in [-0.1, -0.05) is 0 Å². The normalized spacial score (nSPS) is 17.3. The number of aromatic nitrogens is 1. The molecule has 1 aromatic heterocycles. The lowest BCUT2D eigenvalue weighted by Gasteiger charge is -2.29. The highest BCUT2D eigenvalue weighted by atomic mass is 32.1. The summed E-state index contributed by atoms with van der Waals surface area (Å²) < 4.78 is 0. The van der Waals surface area contributed by atoms with Gasteiger partial charge in [-0.15, -0.1) is 11.3 Å². The number of nitrogens with two attached hydrogens (primary N) is 1. The van der Waals surface area contributed by atoms with Crippen LogP contribution in [0.2, 0.25) is 0 Å². The van der Waals surface area contributed by atoms with Crippen molar-refractivity contribution in [2.75, 3.05) is 26.7 Å². The maximum absolute atomic E-state index is 12.0. The molecule has 0 aromatic carbocycles. The fourth-order valence-electron chi connectivity index (χ4n) is 2.39. The van der Waals surface area contributed by atoms with Gasteiger partial charge < -0.3 is 16.0 Å². The van der Waals surface area contributed by atoms with Crippen molar-refractivity contribution in [2.24, 2.45) is 5.73 Å². The van der Waals surface area contributed by atoms with Crippen LogP contribution >= 0.6 is 11.3 Å². The van der Waals surface area contributed by atoms with Crippen molar-refractivity contribution in [1.82, 2.24) is 15.2 Å². The topological polar surface area (TPSA) is 71.2 Å². The molecule has 0 bridgehead atoms. The number of nitrogens with zero attached hydrogens (tertiary/aromatic N) is 2. The zero-order valence-electron chi connectivity index (χ0n) is 12.1. The Morgan fingerprint density at radius 1 is 1.55 bits per heavy atom. The van der Waals surface area contributed by atoms with Gasteiger partial charge in [-0.25, -0.2) is 4.98 Å². The fourth-order valence-corrected chi connectivity index (χ4v) is 3.23. The number of carbonyl (C=O) groups is 1. The molecule has 1 aliphatic heterocycles. The number of aryl methyl sites for hydroxylation is 1. The summed E-state index contributed by atoms with van der Waals surface area (Å²) in [5, 5.41) is 6.19. The molecule has 1 aliphatic rings. The summed E-state index contributed by atoms with van der Waals surface area (Å²) in [4.78, 5) is 18.8. The maximum Gasteiger partial charge on any atom is 0.226 e. The van der Waals surface area contributed by atoms with Gasteiger partial charge in [-0.05, 0) is 45.9 Å². The summed E-state index contributed by atoms with van der Waals surface area (Å²) in [6, 6.07) is 0.328. The average molecular weight is 296 g/mol. The summed E-state index contributed by atoms with van der Waals surface area (Å²) in [5.41, 5.74) is 6.37. The second-order valence-corrected chi connectivity index (χ2v) is 6.39. The summed E-state index contributed by atoms with van der Waals surface area (Å²) in [6.45, 7) is 2.81. The molecule has 0 atom stereocenters. The van der Waals surface area contributed by atoms with Crippen molar-refractivity contribution < 1.29 is 4.79 Å². The summed E-state index contributed by atoms with van der Waals surface area (Å²) in [6.07, 6.45) is 4.35. The zero-order valence-corrected chi connectivity index (χ0v) is 12.9. The van der Waals surface area contributed by atoms with E-state index in [1.54, 1.807) is 11.3 Å². The minimum Gasteiger partial charge on any atom is -0.353 e. The molecular weight excluding hydrogens is 272 g/mol. The average Bonchev–Trinajstić information content (AvgIpc) is 2.86. The molecule has 0 radical (unpaired) electrons. The van der Waals surface area contributed by atoms with Crippen molar-refractivity contribution in [2.45, 2.75) is 38.1 Å². The van der Waals surface area contributed by atoms with Gasteiger partial charge in [0.05, 0.1) is 17.1 Å². The predicted molar refractivity (Wildman–Crippen MR) is 81.9 cm³/mol. The molecule has 20 heavy (non-hydrogen) atoms. The highest BCUT2D eigenvalue weighted by molar-refractivity contribution is 7.09. The first-order valence-corrected chi connectivity index (χ1v) is 8.16. The second-order valence-electron chi connectivity index (χ2n) is 5.45. The predicted octanol–water partition coefficient (Wildman–Crippen LogP) is 0.787. The third-order valence-electron chi connectivity index (χ3n) is 3.62. The van der Waals surface area contributed by atoms with Crippen LogP contribution in [0.1, 0.15) is 30.0 Å². The number of rotatable bonds is 6. The van der Waals surface area contributed by atoms with Crippen molar-refractivity contribution in [3.63, 3.8) is 0 Å². The van der Waals surface area contributed by atoms with Gasteiger partial charge in [0.2, 0.25) is 5.91 Å². The van der Waals surface area contributed by atoms with Crippen molar-refractivity contribution in [3.05, 3.63) is 16.1 Å². The Bertz CT molecular complexity index is 427. The maximum atomic E-state index is 12.0. The van der Waals surface area contributed by atoms with Crippen molar-refractivity contribution in [1.29, 1.82) is 0 Å². The van der Waals surface area contributed by atoms with E-state index >= 15 is 0 Å². The minimum absolute atomic E-state index is 0.0928. The molecule has 0 aliphatic carbocycles. The van der Waals surface area contributed by atoms with Gasteiger partial charge in [-0.2, -0.15) is 0 Å². The molecular formula is C14H24N4OS. The molecule has 5 nitrogen and oxygen atoms in total. The van der Waals surface area contributed by atoms with E-state index in [1.807, 2.05) is 5.38 Å².